The molecule has 0 unspecified atom stereocenters. The second-order valence-corrected chi connectivity index (χ2v) is 11.2. The van der Waals surface area contributed by atoms with Gasteiger partial charge in [-0.25, -0.2) is 9.97 Å². The van der Waals surface area contributed by atoms with Gasteiger partial charge in [-0.3, -0.25) is 0 Å². The van der Waals surface area contributed by atoms with Crippen molar-refractivity contribution in [3.05, 3.63) is 71.0 Å². The molecule has 2 N–H and O–H groups in total. The molecule has 0 amide bonds. The minimum Gasteiger partial charge on any atom is -0.474 e. The van der Waals surface area contributed by atoms with Gasteiger partial charge in [0.1, 0.15) is 18.2 Å². The Morgan fingerprint density at radius 2 is 1.43 bits per heavy atom. The summed E-state index contributed by atoms with van der Waals surface area (Å²) in [6, 6.07) is 10.4. The molecular weight excluding hydrogens is 586 g/mol. The number of alkyl halides is 6. The maximum atomic E-state index is 13.3. The van der Waals surface area contributed by atoms with E-state index in [1.807, 2.05) is 6.92 Å². The summed E-state index contributed by atoms with van der Waals surface area (Å²) in [5.74, 6) is 1.28. The maximum absolute atomic E-state index is 13.3. The molecule has 234 valence electrons. The van der Waals surface area contributed by atoms with Crippen molar-refractivity contribution < 1.29 is 31.1 Å². The Morgan fingerprint density at radius 3 is 2.05 bits per heavy atom. The number of anilines is 3. The lowest BCUT2D eigenvalue weighted by atomic mass is 9.92. The smallest absolute Gasteiger partial charge is 0.417 e. The van der Waals surface area contributed by atoms with Crippen LogP contribution >= 0.6 is 0 Å². The molecule has 2 fully saturated rings. The van der Waals surface area contributed by atoms with Crippen LogP contribution in [0.2, 0.25) is 0 Å². The summed E-state index contributed by atoms with van der Waals surface area (Å²) in [5.41, 5.74) is -0.228. The Bertz CT molecular complexity index is 1470. The Hall–Kier alpha value is -4.21. The van der Waals surface area contributed by atoms with E-state index < -0.39 is 29.0 Å². The molecule has 1 saturated heterocycles. The van der Waals surface area contributed by atoms with Crippen LogP contribution in [-0.2, 0) is 12.4 Å². The van der Waals surface area contributed by atoms with E-state index in [1.165, 1.54) is 30.6 Å². The quantitative estimate of drug-likeness (QED) is 0.264. The first-order valence-electron chi connectivity index (χ1n) is 14.5. The fourth-order valence-corrected chi connectivity index (χ4v) is 5.77. The number of halogens is 6. The number of rotatable bonds is 7. The number of aromatic nitrogens is 2. The zero-order valence-corrected chi connectivity index (χ0v) is 24.0. The molecule has 0 bridgehead atoms. The summed E-state index contributed by atoms with van der Waals surface area (Å²) in [5, 5.41) is 15.5. The fourth-order valence-electron chi connectivity index (χ4n) is 5.77. The van der Waals surface area contributed by atoms with Crippen LogP contribution in [0.4, 0.5) is 43.5 Å². The monoisotopic (exact) mass is 618 g/mol. The maximum Gasteiger partial charge on any atom is 0.417 e. The van der Waals surface area contributed by atoms with Gasteiger partial charge in [-0.15, -0.1) is 0 Å². The minimum absolute atomic E-state index is 0.0246. The van der Waals surface area contributed by atoms with Crippen LogP contribution < -0.4 is 20.3 Å². The van der Waals surface area contributed by atoms with Gasteiger partial charge in [-0.1, -0.05) is 0 Å². The molecule has 7 nitrogen and oxygen atoms in total. The topological polar surface area (TPSA) is 86.1 Å². The van der Waals surface area contributed by atoms with Crippen LogP contribution in [0.15, 0.2) is 48.8 Å². The lowest BCUT2D eigenvalue weighted by molar-refractivity contribution is -0.138. The summed E-state index contributed by atoms with van der Waals surface area (Å²) in [4.78, 5) is 11.0. The largest absolute Gasteiger partial charge is 0.474 e. The van der Waals surface area contributed by atoms with Gasteiger partial charge in [-0.05, 0) is 87.9 Å². The highest BCUT2D eigenvalue weighted by atomic mass is 19.4. The SMILES string of the molecule is Cc1c(OC2CCC(Nc3ccc(C#N)c(C(F)(F)F)c3)CC2)ncnc1N1CCC(Nc2ccc(C(F)(F)F)cc2)CC1. The lowest BCUT2D eigenvalue weighted by Crippen LogP contribution is -2.40. The van der Waals surface area contributed by atoms with Crippen LogP contribution in [-0.4, -0.2) is 41.2 Å². The van der Waals surface area contributed by atoms with Crippen molar-refractivity contribution in [2.75, 3.05) is 28.6 Å². The zero-order chi connectivity index (χ0) is 31.5. The van der Waals surface area contributed by atoms with Crippen molar-refractivity contribution in [2.24, 2.45) is 0 Å². The van der Waals surface area contributed by atoms with Gasteiger partial charge in [-0.2, -0.15) is 31.6 Å². The molecule has 0 radical (unpaired) electrons. The van der Waals surface area contributed by atoms with E-state index in [0.717, 1.165) is 42.4 Å². The average Bonchev–Trinajstić information content (AvgIpc) is 2.99. The highest BCUT2D eigenvalue weighted by molar-refractivity contribution is 5.54. The Balaban J connectivity index is 1.12. The molecule has 1 saturated carbocycles. The van der Waals surface area contributed by atoms with Crippen molar-refractivity contribution in [3.63, 3.8) is 0 Å². The van der Waals surface area contributed by atoms with Crippen LogP contribution in [0.1, 0.15) is 60.8 Å². The van der Waals surface area contributed by atoms with E-state index in [-0.39, 0.29) is 18.2 Å². The number of benzene rings is 2. The number of hydrogen-bond donors (Lipinski definition) is 2. The van der Waals surface area contributed by atoms with Crippen molar-refractivity contribution in [1.82, 2.24) is 9.97 Å². The first kappa shape index (κ1) is 31.2. The predicted octanol–water partition coefficient (Wildman–Crippen LogP) is 7.58. The van der Waals surface area contributed by atoms with Crippen molar-refractivity contribution >= 4 is 17.2 Å². The summed E-state index contributed by atoms with van der Waals surface area (Å²) in [6.45, 7) is 3.32. The molecule has 1 aliphatic heterocycles. The average molecular weight is 619 g/mol. The van der Waals surface area contributed by atoms with E-state index in [1.54, 1.807) is 6.07 Å². The molecule has 0 spiro atoms. The number of piperidine rings is 1. The van der Waals surface area contributed by atoms with E-state index in [2.05, 4.69) is 25.5 Å². The first-order valence-corrected chi connectivity index (χ1v) is 14.5. The number of ether oxygens (including phenoxy) is 1. The second kappa shape index (κ2) is 12.8. The highest BCUT2D eigenvalue weighted by Crippen LogP contribution is 2.35. The second-order valence-electron chi connectivity index (χ2n) is 11.2. The third kappa shape index (κ3) is 7.46. The molecule has 2 heterocycles. The van der Waals surface area contributed by atoms with Gasteiger partial charge in [0.15, 0.2) is 0 Å². The minimum atomic E-state index is -4.61. The normalized spacial score (nSPS) is 19.7. The van der Waals surface area contributed by atoms with E-state index >= 15 is 0 Å². The standard InChI is InChI=1S/C31H32F6N6O/c1-19-28(43-14-12-24(13-15-43)41-22-6-3-21(4-7-22)30(32,33)34)39-18-40-29(19)44-26-10-8-23(9-11-26)42-25-5-2-20(17-38)27(16-25)31(35,36)37/h2-7,16,18,23-24,26,41-42H,8-15H2,1H3. The van der Waals surface area contributed by atoms with E-state index in [9.17, 15) is 26.3 Å². The van der Waals surface area contributed by atoms with Gasteiger partial charge in [0, 0.05) is 36.5 Å². The number of nitrogens with zero attached hydrogens (tertiary/aromatic N) is 4. The van der Waals surface area contributed by atoms with E-state index in [4.69, 9.17) is 10.00 Å². The lowest BCUT2D eigenvalue weighted by Gasteiger charge is -2.35. The van der Waals surface area contributed by atoms with Gasteiger partial charge in [0.2, 0.25) is 5.88 Å². The zero-order valence-electron chi connectivity index (χ0n) is 24.0. The van der Waals surface area contributed by atoms with Gasteiger partial charge in [0.05, 0.1) is 28.3 Å². The van der Waals surface area contributed by atoms with Crippen molar-refractivity contribution in [2.45, 2.75) is 76.0 Å². The molecule has 5 rings (SSSR count). The first-order chi connectivity index (χ1) is 20.9. The summed E-state index contributed by atoms with van der Waals surface area (Å²) in [7, 11) is 0. The molecule has 3 aromatic rings. The van der Waals surface area contributed by atoms with Crippen LogP contribution in [0.25, 0.3) is 0 Å². The third-order valence-electron chi connectivity index (χ3n) is 8.16. The number of nitriles is 1. The summed E-state index contributed by atoms with van der Waals surface area (Å²) >= 11 is 0. The predicted molar refractivity (Wildman–Crippen MR) is 154 cm³/mol. The number of nitrogens with one attached hydrogen (secondary N) is 2. The molecule has 13 heteroatoms. The van der Waals surface area contributed by atoms with Gasteiger partial charge >= 0.3 is 12.4 Å². The third-order valence-corrected chi connectivity index (χ3v) is 8.16. The summed E-state index contributed by atoms with van der Waals surface area (Å²) in [6.07, 6.45) is -3.25. The van der Waals surface area contributed by atoms with Crippen LogP contribution in [0.3, 0.4) is 0 Å². The summed E-state index contributed by atoms with van der Waals surface area (Å²) < 4.78 is 84.8. The molecule has 0 atom stereocenters. The van der Waals surface area contributed by atoms with Gasteiger partial charge < -0.3 is 20.3 Å². The molecule has 1 aromatic heterocycles. The highest BCUT2D eigenvalue weighted by Gasteiger charge is 2.34. The van der Waals surface area contributed by atoms with Crippen LogP contribution in [0, 0.1) is 18.3 Å². The molecular formula is C31H32F6N6O. The molecule has 44 heavy (non-hydrogen) atoms. The van der Waals surface area contributed by atoms with Crippen LogP contribution in [0.5, 0.6) is 5.88 Å². The van der Waals surface area contributed by atoms with Crippen molar-refractivity contribution in [3.8, 4) is 11.9 Å². The molecule has 1 aliphatic carbocycles. The molecule has 2 aromatic carbocycles. The Kier molecular flexibility index (Phi) is 9.08. The van der Waals surface area contributed by atoms with Crippen molar-refractivity contribution in [1.29, 1.82) is 5.26 Å². The Labute approximate surface area is 251 Å². The number of hydrogen-bond acceptors (Lipinski definition) is 7. The molecule has 2 aliphatic rings. The Morgan fingerprint density at radius 1 is 0.818 bits per heavy atom. The van der Waals surface area contributed by atoms with E-state index in [0.29, 0.717) is 56.0 Å². The fraction of sp³-hybridized carbons (Fsp3) is 0.452. The van der Waals surface area contributed by atoms with Gasteiger partial charge in [0.25, 0.3) is 0 Å².